The number of rotatable bonds is 5. The molecule has 0 fully saturated rings. The van der Waals surface area contributed by atoms with Crippen molar-refractivity contribution in [3.8, 4) is 0 Å². The first-order valence-electron chi connectivity index (χ1n) is 5.98. The molecule has 2 aromatic rings. The minimum Gasteiger partial charge on any atom is -0.354 e. The van der Waals surface area contributed by atoms with Crippen molar-refractivity contribution in [2.75, 3.05) is 0 Å². The van der Waals surface area contributed by atoms with E-state index >= 15 is 0 Å². The number of hydrogen-bond donors (Lipinski definition) is 1. The van der Waals surface area contributed by atoms with Gasteiger partial charge in [-0.2, -0.15) is 0 Å². The summed E-state index contributed by atoms with van der Waals surface area (Å²) in [6, 6.07) is 6.88. The molecule has 0 spiro atoms. The maximum absolute atomic E-state index is 13.0. The molecule has 1 aromatic carbocycles. The molecule has 0 atom stereocenters. The Morgan fingerprint density at radius 3 is 2.67 bits per heavy atom. The average Bonchev–Trinajstić information content (AvgIpc) is 2.82. The average molecular weight is 267 g/mol. The number of nitrogens with one attached hydrogen (secondary N) is 1. The molecule has 0 aliphatic heterocycles. The minimum atomic E-state index is -0.375. The summed E-state index contributed by atoms with van der Waals surface area (Å²) in [6.45, 7) is 4.56. The van der Waals surface area contributed by atoms with Crippen LogP contribution in [0.2, 0.25) is 5.02 Å². The highest BCUT2D eigenvalue weighted by Crippen LogP contribution is 2.15. The van der Waals surface area contributed by atoms with Crippen molar-refractivity contribution < 1.29 is 4.39 Å². The van der Waals surface area contributed by atoms with Crippen LogP contribution in [-0.4, -0.2) is 4.57 Å². The molecule has 1 N–H and O–H groups in total. The van der Waals surface area contributed by atoms with Gasteiger partial charge in [0, 0.05) is 32.0 Å². The fourth-order valence-electron chi connectivity index (χ4n) is 1.79. The van der Waals surface area contributed by atoms with E-state index in [4.69, 9.17) is 11.6 Å². The van der Waals surface area contributed by atoms with Crippen LogP contribution in [0.25, 0.3) is 0 Å². The lowest BCUT2D eigenvalue weighted by atomic mass is 10.2. The molecule has 0 amide bonds. The third-order valence-electron chi connectivity index (χ3n) is 2.82. The highest BCUT2D eigenvalue weighted by atomic mass is 35.5. The first kappa shape index (κ1) is 13.1. The Bertz CT molecular complexity index is 522. The molecule has 0 aliphatic rings. The molecular weight excluding hydrogens is 251 g/mol. The van der Waals surface area contributed by atoms with E-state index in [0.29, 0.717) is 6.54 Å². The molecule has 0 saturated carbocycles. The van der Waals surface area contributed by atoms with Gasteiger partial charge < -0.3 is 9.88 Å². The van der Waals surface area contributed by atoms with E-state index in [1.165, 1.54) is 11.6 Å². The molecule has 0 radical (unpaired) electrons. The van der Waals surface area contributed by atoms with E-state index in [9.17, 15) is 4.39 Å². The summed E-state index contributed by atoms with van der Waals surface area (Å²) in [5, 5.41) is 3.48. The Morgan fingerprint density at radius 2 is 2.00 bits per heavy atom. The zero-order valence-electron chi connectivity index (χ0n) is 10.3. The number of aryl methyl sites for hydroxylation is 1. The molecule has 0 bridgehead atoms. The molecule has 4 heteroatoms. The van der Waals surface area contributed by atoms with Crippen molar-refractivity contribution in [3.05, 3.63) is 58.6 Å². The van der Waals surface area contributed by atoms with Gasteiger partial charge in [0.1, 0.15) is 5.82 Å². The summed E-state index contributed by atoms with van der Waals surface area (Å²) in [6.07, 6.45) is 4.18. The quantitative estimate of drug-likeness (QED) is 0.875. The third-order valence-corrected chi connectivity index (χ3v) is 3.11. The largest absolute Gasteiger partial charge is 0.354 e. The van der Waals surface area contributed by atoms with E-state index in [-0.39, 0.29) is 10.8 Å². The standard InChI is InChI=1S/C14H16ClFN2/c1-2-18-6-5-12(10-18)9-17-8-11-3-4-14(16)13(15)7-11/h3-7,10,17H,2,8-9H2,1H3. The lowest BCUT2D eigenvalue weighted by molar-refractivity contribution is 0.625. The highest BCUT2D eigenvalue weighted by molar-refractivity contribution is 6.30. The van der Waals surface area contributed by atoms with Gasteiger partial charge in [0.2, 0.25) is 0 Å². The molecule has 18 heavy (non-hydrogen) atoms. The third kappa shape index (κ3) is 3.34. The SMILES string of the molecule is CCn1ccc(CNCc2ccc(F)c(Cl)c2)c1. The van der Waals surface area contributed by atoms with Crippen LogP contribution in [0.5, 0.6) is 0 Å². The van der Waals surface area contributed by atoms with E-state index in [2.05, 4.69) is 35.3 Å². The van der Waals surface area contributed by atoms with Gasteiger partial charge in [0.25, 0.3) is 0 Å². The monoisotopic (exact) mass is 266 g/mol. The summed E-state index contributed by atoms with van der Waals surface area (Å²) < 4.78 is 15.1. The molecule has 0 unspecified atom stereocenters. The van der Waals surface area contributed by atoms with Crippen LogP contribution in [0.15, 0.2) is 36.7 Å². The zero-order chi connectivity index (χ0) is 13.0. The minimum absolute atomic E-state index is 0.173. The van der Waals surface area contributed by atoms with Gasteiger partial charge >= 0.3 is 0 Å². The number of halogens is 2. The fourth-order valence-corrected chi connectivity index (χ4v) is 2.00. The van der Waals surface area contributed by atoms with Crippen molar-refractivity contribution >= 4 is 11.6 Å². The molecule has 96 valence electrons. The van der Waals surface area contributed by atoms with Crippen molar-refractivity contribution in [3.63, 3.8) is 0 Å². The normalized spacial score (nSPS) is 10.8. The molecule has 2 nitrogen and oxygen atoms in total. The summed E-state index contributed by atoms with van der Waals surface area (Å²) in [7, 11) is 0. The number of hydrogen-bond acceptors (Lipinski definition) is 1. The van der Waals surface area contributed by atoms with Gasteiger partial charge in [-0.1, -0.05) is 17.7 Å². The first-order chi connectivity index (χ1) is 8.69. The van der Waals surface area contributed by atoms with Gasteiger partial charge in [-0.25, -0.2) is 4.39 Å². The van der Waals surface area contributed by atoms with E-state index in [0.717, 1.165) is 18.7 Å². The van der Waals surface area contributed by atoms with Gasteiger partial charge in [-0.05, 0) is 36.2 Å². The molecule has 1 heterocycles. The fraction of sp³-hybridized carbons (Fsp3) is 0.286. The number of nitrogens with zero attached hydrogens (tertiary/aromatic N) is 1. The summed E-state index contributed by atoms with van der Waals surface area (Å²) >= 11 is 5.73. The van der Waals surface area contributed by atoms with Gasteiger partial charge in [-0.3, -0.25) is 0 Å². The van der Waals surface area contributed by atoms with Crippen LogP contribution in [0, 0.1) is 5.82 Å². The van der Waals surface area contributed by atoms with Gasteiger partial charge in [0.15, 0.2) is 0 Å². The van der Waals surface area contributed by atoms with Crippen molar-refractivity contribution in [2.45, 2.75) is 26.6 Å². The van der Waals surface area contributed by atoms with Crippen LogP contribution >= 0.6 is 11.6 Å². The lowest BCUT2D eigenvalue weighted by Crippen LogP contribution is -2.12. The molecule has 1 aromatic heterocycles. The van der Waals surface area contributed by atoms with Crippen LogP contribution in [0.1, 0.15) is 18.1 Å². The maximum atomic E-state index is 13.0. The molecule has 2 rings (SSSR count). The molecular formula is C14H16ClFN2. The number of benzene rings is 1. The Hall–Kier alpha value is -1.32. The summed E-state index contributed by atoms with van der Waals surface area (Å²) in [4.78, 5) is 0. The molecule has 0 saturated heterocycles. The predicted molar refractivity (Wildman–Crippen MR) is 72.1 cm³/mol. The van der Waals surface area contributed by atoms with E-state index in [1.807, 2.05) is 0 Å². The van der Waals surface area contributed by atoms with Crippen LogP contribution in [0.3, 0.4) is 0 Å². The van der Waals surface area contributed by atoms with Gasteiger partial charge in [0.05, 0.1) is 5.02 Å². The Morgan fingerprint density at radius 1 is 1.22 bits per heavy atom. The van der Waals surface area contributed by atoms with Crippen molar-refractivity contribution in [1.29, 1.82) is 0 Å². The Labute approximate surface area is 111 Å². The Balaban J connectivity index is 1.86. The zero-order valence-corrected chi connectivity index (χ0v) is 11.0. The topological polar surface area (TPSA) is 17.0 Å². The maximum Gasteiger partial charge on any atom is 0.141 e. The highest BCUT2D eigenvalue weighted by Gasteiger charge is 2.01. The van der Waals surface area contributed by atoms with E-state index in [1.54, 1.807) is 12.1 Å². The van der Waals surface area contributed by atoms with Crippen molar-refractivity contribution in [2.24, 2.45) is 0 Å². The predicted octanol–water partition coefficient (Wildman–Crippen LogP) is 3.59. The second-order valence-corrected chi connectivity index (χ2v) is 4.61. The Kier molecular flexibility index (Phi) is 4.39. The van der Waals surface area contributed by atoms with Crippen LogP contribution in [-0.2, 0) is 19.6 Å². The van der Waals surface area contributed by atoms with E-state index < -0.39 is 0 Å². The lowest BCUT2D eigenvalue weighted by Gasteiger charge is -2.04. The second-order valence-electron chi connectivity index (χ2n) is 4.20. The summed E-state index contributed by atoms with van der Waals surface area (Å²) in [5.41, 5.74) is 2.22. The van der Waals surface area contributed by atoms with Crippen LogP contribution < -0.4 is 5.32 Å². The van der Waals surface area contributed by atoms with Crippen LogP contribution in [0.4, 0.5) is 4.39 Å². The molecule has 0 aliphatic carbocycles. The van der Waals surface area contributed by atoms with Gasteiger partial charge in [-0.15, -0.1) is 0 Å². The smallest absolute Gasteiger partial charge is 0.141 e. The second kappa shape index (κ2) is 6.03. The van der Waals surface area contributed by atoms with Crippen molar-refractivity contribution in [1.82, 2.24) is 9.88 Å². The summed E-state index contributed by atoms with van der Waals surface area (Å²) in [5.74, 6) is -0.375. The number of aromatic nitrogens is 1. The first-order valence-corrected chi connectivity index (χ1v) is 6.36.